The average molecular weight is 418 g/mol. The first-order chi connectivity index (χ1) is 12.1. The Balaban J connectivity index is 0.00000364. The maximum atomic E-state index is 12.3. The molecule has 1 heterocycles. The van der Waals surface area contributed by atoms with E-state index in [4.69, 9.17) is 0 Å². The Labute approximate surface area is 167 Å². The van der Waals surface area contributed by atoms with Crippen molar-refractivity contribution in [3.63, 3.8) is 0 Å². The maximum absolute atomic E-state index is 12.3. The van der Waals surface area contributed by atoms with Gasteiger partial charge < -0.3 is 15.5 Å². The number of nitrogens with zero attached hydrogens (tertiary/aromatic N) is 1. The van der Waals surface area contributed by atoms with Crippen LogP contribution < -0.4 is 10.6 Å². The Hall–Kier alpha value is -1.64. The third-order valence-electron chi connectivity index (χ3n) is 4.77. The number of sulfone groups is 1. The van der Waals surface area contributed by atoms with E-state index in [-0.39, 0.29) is 28.6 Å². The summed E-state index contributed by atoms with van der Waals surface area (Å²) in [6, 6.07) is 5.71. The lowest BCUT2D eigenvalue weighted by Gasteiger charge is -2.34. The minimum Gasteiger partial charge on any atom is -0.351 e. The summed E-state index contributed by atoms with van der Waals surface area (Å²) in [5.74, 6) is -1.29. The highest BCUT2D eigenvalue weighted by Gasteiger charge is 2.27. The first-order valence-corrected chi connectivity index (χ1v) is 10.3. The number of halogens is 1. The molecule has 1 aliphatic rings. The number of amides is 2. The number of rotatable bonds is 6. The van der Waals surface area contributed by atoms with Gasteiger partial charge in [-0.1, -0.05) is 6.92 Å². The summed E-state index contributed by atoms with van der Waals surface area (Å²) in [4.78, 5) is 25.2. The number of hydrogen-bond acceptors (Lipinski definition) is 5. The quantitative estimate of drug-likeness (QED) is 0.722. The van der Waals surface area contributed by atoms with Gasteiger partial charge in [-0.3, -0.25) is 9.59 Å². The molecule has 0 aromatic heterocycles. The average Bonchev–Trinajstić information content (AvgIpc) is 2.60. The molecule has 9 heteroatoms. The van der Waals surface area contributed by atoms with Crippen LogP contribution in [0.1, 0.15) is 30.1 Å². The molecule has 7 nitrogen and oxygen atoms in total. The van der Waals surface area contributed by atoms with Gasteiger partial charge >= 0.3 is 0 Å². The van der Waals surface area contributed by atoms with Gasteiger partial charge in [0.25, 0.3) is 5.91 Å². The number of hydrogen-bond donors (Lipinski definition) is 2. The van der Waals surface area contributed by atoms with E-state index in [9.17, 15) is 18.0 Å². The second kappa shape index (κ2) is 9.52. The molecular weight excluding hydrogens is 390 g/mol. The third-order valence-corrected chi connectivity index (χ3v) is 6.39. The number of nitrogens with one attached hydrogen (secondary N) is 2. The fourth-order valence-corrected chi connectivity index (χ4v) is 4.09. The second-order valence-corrected chi connectivity index (χ2v) is 9.30. The van der Waals surface area contributed by atoms with Crippen LogP contribution >= 0.6 is 12.4 Å². The van der Waals surface area contributed by atoms with Gasteiger partial charge in [0.05, 0.1) is 4.90 Å². The molecule has 2 rings (SSSR count). The fourth-order valence-electron chi connectivity index (χ4n) is 2.79. The highest BCUT2D eigenvalue weighted by molar-refractivity contribution is 7.92. The molecule has 152 valence electrons. The molecule has 0 unspecified atom stereocenters. The van der Waals surface area contributed by atoms with Crippen LogP contribution in [-0.2, 0) is 14.6 Å². The zero-order valence-corrected chi connectivity index (χ0v) is 17.6. The minimum atomic E-state index is -3.72. The van der Waals surface area contributed by atoms with Crippen molar-refractivity contribution in [2.24, 2.45) is 5.41 Å². The van der Waals surface area contributed by atoms with Gasteiger partial charge in [-0.2, -0.15) is 0 Å². The van der Waals surface area contributed by atoms with Crippen molar-refractivity contribution in [2.45, 2.75) is 24.7 Å². The van der Waals surface area contributed by atoms with Gasteiger partial charge in [0, 0.05) is 26.2 Å². The van der Waals surface area contributed by atoms with Gasteiger partial charge in [0.2, 0.25) is 5.91 Å². The van der Waals surface area contributed by atoms with Crippen LogP contribution in [0, 0.1) is 5.41 Å². The zero-order chi connectivity index (χ0) is 19.4. The summed E-state index contributed by atoms with van der Waals surface area (Å²) in [6.07, 6.45) is 2.01. The predicted octanol–water partition coefficient (Wildman–Crippen LogP) is 1.09. The summed E-state index contributed by atoms with van der Waals surface area (Å²) in [5.41, 5.74) is 0.483. The van der Waals surface area contributed by atoms with Crippen molar-refractivity contribution in [2.75, 3.05) is 39.5 Å². The summed E-state index contributed by atoms with van der Waals surface area (Å²) >= 11 is 0. The van der Waals surface area contributed by atoms with E-state index in [0.29, 0.717) is 12.1 Å². The summed E-state index contributed by atoms with van der Waals surface area (Å²) < 4.78 is 24.5. The molecule has 0 bridgehead atoms. The van der Waals surface area contributed by atoms with Crippen molar-refractivity contribution in [3.8, 4) is 0 Å². The van der Waals surface area contributed by atoms with Crippen molar-refractivity contribution in [3.05, 3.63) is 29.8 Å². The van der Waals surface area contributed by atoms with E-state index in [2.05, 4.69) is 17.6 Å². The van der Waals surface area contributed by atoms with E-state index in [0.717, 1.165) is 25.9 Å². The lowest BCUT2D eigenvalue weighted by molar-refractivity contribution is -0.125. The highest BCUT2D eigenvalue weighted by Crippen LogP contribution is 2.26. The van der Waals surface area contributed by atoms with Crippen LogP contribution in [0.15, 0.2) is 29.2 Å². The van der Waals surface area contributed by atoms with E-state index >= 15 is 0 Å². The van der Waals surface area contributed by atoms with E-state index in [1.807, 2.05) is 0 Å². The maximum Gasteiger partial charge on any atom is 0.251 e. The molecule has 1 fully saturated rings. The molecule has 1 aromatic rings. The SMILES string of the molecule is CN(C)C(=O)CS(=O)(=O)c1ccc(C(=O)NCC2(C)CCNCC2)cc1.Cl. The Bertz CT molecular complexity index is 757. The van der Waals surface area contributed by atoms with Crippen molar-refractivity contribution < 1.29 is 18.0 Å². The molecule has 0 aliphatic carbocycles. The van der Waals surface area contributed by atoms with Crippen molar-refractivity contribution >= 4 is 34.1 Å². The molecule has 0 spiro atoms. The Morgan fingerprint density at radius 1 is 1.15 bits per heavy atom. The first-order valence-electron chi connectivity index (χ1n) is 8.65. The topological polar surface area (TPSA) is 95.6 Å². The smallest absolute Gasteiger partial charge is 0.251 e. The van der Waals surface area contributed by atoms with Gasteiger partial charge in [-0.25, -0.2) is 8.42 Å². The summed E-state index contributed by atoms with van der Waals surface area (Å²) in [6.45, 7) is 4.64. The summed E-state index contributed by atoms with van der Waals surface area (Å²) in [7, 11) is -0.700. The molecule has 0 radical (unpaired) electrons. The van der Waals surface area contributed by atoms with Crippen molar-refractivity contribution in [1.29, 1.82) is 0 Å². The highest BCUT2D eigenvalue weighted by atomic mass is 35.5. The molecule has 1 aromatic carbocycles. The number of benzene rings is 1. The van der Waals surface area contributed by atoms with Gasteiger partial charge in [0.15, 0.2) is 9.84 Å². The van der Waals surface area contributed by atoms with Crippen molar-refractivity contribution in [1.82, 2.24) is 15.5 Å². The van der Waals surface area contributed by atoms with E-state index < -0.39 is 21.5 Å². The van der Waals surface area contributed by atoms with Crippen LogP contribution in [0.25, 0.3) is 0 Å². The zero-order valence-electron chi connectivity index (χ0n) is 15.9. The van der Waals surface area contributed by atoms with Crippen LogP contribution in [0.3, 0.4) is 0 Å². The van der Waals surface area contributed by atoms with E-state index in [1.165, 1.54) is 43.3 Å². The first kappa shape index (κ1) is 23.4. The van der Waals surface area contributed by atoms with Crippen LogP contribution in [0.5, 0.6) is 0 Å². The Kier molecular flexibility index (Phi) is 8.25. The van der Waals surface area contributed by atoms with Gasteiger partial charge in [-0.15, -0.1) is 12.4 Å². The minimum absolute atomic E-state index is 0. The fraction of sp³-hybridized carbons (Fsp3) is 0.556. The molecule has 2 N–H and O–H groups in total. The van der Waals surface area contributed by atoms with E-state index in [1.54, 1.807) is 0 Å². The van der Waals surface area contributed by atoms with Gasteiger partial charge in [-0.05, 0) is 55.6 Å². The monoisotopic (exact) mass is 417 g/mol. The molecule has 0 atom stereocenters. The Morgan fingerprint density at radius 3 is 2.22 bits per heavy atom. The molecule has 27 heavy (non-hydrogen) atoms. The van der Waals surface area contributed by atoms with Crippen LogP contribution in [0.2, 0.25) is 0 Å². The Morgan fingerprint density at radius 2 is 1.70 bits per heavy atom. The predicted molar refractivity (Wildman–Crippen MR) is 107 cm³/mol. The summed E-state index contributed by atoms with van der Waals surface area (Å²) in [5, 5.41) is 6.24. The molecular formula is C18H28ClN3O4S. The normalized spacial score (nSPS) is 16.1. The molecule has 2 amide bonds. The number of piperidine rings is 1. The third kappa shape index (κ3) is 6.48. The largest absolute Gasteiger partial charge is 0.351 e. The second-order valence-electron chi connectivity index (χ2n) is 7.31. The van der Waals surface area contributed by atoms with Gasteiger partial charge in [0.1, 0.15) is 5.75 Å². The van der Waals surface area contributed by atoms with Crippen LogP contribution in [-0.4, -0.2) is 64.6 Å². The lowest BCUT2D eigenvalue weighted by atomic mass is 9.81. The standard InChI is InChI=1S/C18H27N3O4S.ClH/c1-18(8-10-19-11-9-18)13-20-17(23)14-4-6-15(7-5-14)26(24,25)12-16(22)21(2)3;/h4-7,19H,8-13H2,1-3H3,(H,20,23);1H. The lowest BCUT2D eigenvalue weighted by Crippen LogP contribution is -2.42. The number of carbonyl (C=O) groups excluding carboxylic acids is 2. The molecule has 0 saturated carbocycles. The van der Waals surface area contributed by atoms with Crippen LogP contribution in [0.4, 0.5) is 0 Å². The molecule has 1 saturated heterocycles. The molecule has 1 aliphatic heterocycles. The number of carbonyl (C=O) groups is 2.